The van der Waals surface area contributed by atoms with Gasteiger partial charge in [0.25, 0.3) is 5.91 Å². The first-order chi connectivity index (χ1) is 12.5. The highest BCUT2D eigenvalue weighted by Crippen LogP contribution is 2.44. The zero-order chi connectivity index (χ0) is 20.0. The van der Waals surface area contributed by atoms with Gasteiger partial charge in [-0.15, -0.1) is 0 Å². The Labute approximate surface area is 166 Å². The normalized spacial score (nSPS) is 19.4. The molecule has 5 heteroatoms. The fraction of sp³-hybridized carbons (Fsp3) is 0.545. The van der Waals surface area contributed by atoms with Crippen molar-refractivity contribution in [3.8, 4) is 0 Å². The van der Waals surface area contributed by atoms with E-state index in [1.54, 1.807) is 0 Å². The van der Waals surface area contributed by atoms with E-state index in [0.717, 1.165) is 46.6 Å². The molecular weight excluding hydrogens is 358 g/mol. The quantitative estimate of drug-likeness (QED) is 0.769. The van der Waals surface area contributed by atoms with Crippen LogP contribution in [0.25, 0.3) is 5.57 Å². The Morgan fingerprint density at radius 3 is 2.19 bits per heavy atom. The van der Waals surface area contributed by atoms with Crippen LogP contribution >= 0.6 is 11.8 Å². The molecule has 0 unspecified atom stereocenters. The van der Waals surface area contributed by atoms with E-state index in [4.69, 9.17) is 4.74 Å². The summed E-state index contributed by atoms with van der Waals surface area (Å²) in [5.41, 5.74) is 3.45. The molecule has 2 aliphatic heterocycles. The van der Waals surface area contributed by atoms with Gasteiger partial charge >= 0.3 is 5.97 Å². The van der Waals surface area contributed by atoms with Crippen molar-refractivity contribution >= 4 is 29.2 Å². The summed E-state index contributed by atoms with van der Waals surface area (Å²) in [6.45, 7) is 11.6. The molecule has 0 atom stereocenters. The second-order valence-corrected chi connectivity index (χ2v) is 9.99. The maximum Gasteiger partial charge on any atom is 0.316 e. The van der Waals surface area contributed by atoms with E-state index in [-0.39, 0.29) is 11.9 Å². The van der Waals surface area contributed by atoms with Gasteiger partial charge in [-0.25, -0.2) is 0 Å². The molecule has 0 saturated carbocycles. The molecule has 1 N–H and O–H groups in total. The van der Waals surface area contributed by atoms with Gasteiger partial charge in [-0.05, 0) is 82.6 Å². The lowest BCUT2D eigenvalue weighted by Gasteiger charge is -2.35. The molecule has 27 heavy (non-hydrogen) atoms. The van der Waals surface area contributed by atoms with Gasteiger partial charge in [0.1, 0.15) is 11.3 Å². The lowest BCUT2D eigenvalue weighted by molar-refractivity contribution is -0.149. The average molecular weight is 388 g/mol. The van der Waals surface area contributed by atoms with E-state index in [2.05, 4.69) is 17.4 Å². The molecule has 0 radical (unpaired) electrons. The maximum atomic E-state index is 13.1. The molecule has 146 valence electrons. The van der Waals surface area contributed by atoms with Crippen molar-refractivity contribution in [1.82, 2.24) is 5.32 Å². The molecule has 3 rings (SSSR count). The molecule has 0 bridgehead atoms. The van der Waals surface area contributed by atoms with E-state index in [1.165, 1.54) is 0 Å². The van der Waals surface area contributed by atoms with E-state index >= 15 is 0 Å². The highest BCUT2D eigenvalue weighted by molar-refractivity contribution is 7.99. The van der Waals surface area contributed by atoms with Gasteiger partial charge in [-0.3, -0.25) is 9.59 Å². The van der Waals surface area contributed by atoms with Gasteiger partial charge in [-0.2, -0.15) is 11.8 Å². The monoisotopic (exact) mass is 387 g/mol. The molecule has 2 heterocycles. The highest BCUT2D eigenvalue weighted by atomic mass is 32.2. The SMILES string of the molecule is Cc1cc(C)c(C2=C(OC(=O)C(C)(C)C)C3(CCSCC3)NC2=O)c(C)c1. The first kappa shape index (κ1) is 20.0. The van der Waals surface area contributed by atoms with Crippen LogP contribution in [0.15, 0.2) is 17.9 Å². The first-order valence-electron chi connectivity index (χ1n) is 9.51. The minimum absolute atomic E-state index is 0.131. The summed E-state index contributed by atoms with van der Waals surface area (Å²) in [5.74, 6) is 1.98. The van der Waals surface area contributed by atoms with Crippen LogP contribution in [0.4, 0.5) is 0 Å². The molecule has 1 saturated heterocycles. The van der Waals surface area contributed by atoms with E-state index in [1.807, 2.05) is 53.3 Å². The van der Waals surface area contributed by atoms with Gasteiger partial charge in [0.15, 0.2) is 0 Å². The van der Waals surface area contributed by atoms with Crippen molar-refractivity contribution in [3.63, 3.8) is 0 Å². The van der Waals surface area contributed by atoms with E-state index in [0.29, 0.717) is 11.3 Å². The van der Waals surface area contributed by atoms with Gasteiger partial charge in [0.2, 0.25) is 0 Å². The van der Waals surface area contributed by atoms with Gasteiger partial charge in [0.05, 0.1) is 11.0 Å². The Hall–Kier alpha value is -1.75. The zero-order valence-electron chi connectivity index (χ0n) is 17.1. The van der Waals surface area contributed by atoms with Crippen molar-refractivity contribution in [2.45, 2.75) is 59.9 Å². The number of carbonyl (C=O) groups is 2. The van der Waals surface area contributed by atoms with E-state index < -0.39 is 11.0 Å². The number of ether oxygens (including phenoxy) is 1. The standard InChI is InChI=1S/C22H29NO3S/c1-13-11-14(2)16(15(3)12-13)17-18(26-20(25)21(4,5)6)22(23-19(17)24)7-9-27-10-8-22/h11-12H,7-10H2,1-6H3,(H,23,24). The number of rotatable bonds is 2. The molecule has 1 amide bonds. The Kier molecular flexibility index (Phi) is 5.19. The van der Waals surface area contributed by atoms with Crippen LogP contribution < -0.4 is 5.32 Å². The van der Waals surface area contributed by atoms with Crippen LogP contribution in [0, 0.1) is 26.2 Å². The smallest absolute Gasteiger partial charge is 0.316 e. The van der Waals surface area contributed by atoms with Crippen molar-refractivity contribution in [2.75, 3.05) is 11.5 Å². The minimum atomic E-state index is -0.633. The number of carbonyl (C=O) groups excluding carboxylic acids is 2. The molecule has 1 aromatic rings. The van der Waals surface area contributed by atoms with Gasteiger partial charge in [0, 0.05) is 0 Å². The van der Waals surface area contributed by atoms with Crippen LogP contribution in [-0.2, 0) is 14.3 Å². The number of benzene rings is 1. The average Bonchev–Trinajstić information content (AvgIpc) is 2.79. The molecule has 1 fully saturated rings. The van der Waals surface area contributed by atoms with E-state index in [9.17, 15) is 9.59 Å². The summed E-state index contributed by atoms with van der Waals surface area (Å²) in [5, 5.41) is 3.19. The third-order valence-electron chi connectivity index (χ3n) is 5.32. The third kappa shape index (κ3) is 3.66. The number of aryl methyl sites for hydroxylation is 3. The number of hydrogen-bond donors (Lipinski definition) is 1. The van der Waals surface area contributed by atoms with Gasteiger partial charge < -0.3 is 10.1 Å². The number of nitrogens with one attached hydrogen (secondary N) is 1. The third-order valence-corrected chi connectivity index (χ3v) is 6.31. The molecule has 1 aromatic carbocycles. The van der Waals surface area contributed by atoms with Gasteiger partial charge in [-0.1, -0.05) is 17.7 Å². The summed E-state index contributed by atoms with van der Waals surface area (Å²) >= 11 is 1.87. The van der Waals surface area contributed by atoms with Crippen LogP contribution in [0.3, 0.4) is 0 Å². The second-order valence-electron chi connectivity index (χ2n) is 8.77. The van der Waals surface area contributed by atoms with Crippen molar-refractivity contribution in [2.24, 2.45) is 5.41 Å². The predicted molar refractivity (Wildman–Crippen MR) is 111 cm³/mol. The molecule has 4 nitrogen and oxygen atoms in total. The van der Waals surface area contributed by atoms with Crippen molar-refractivity contribution < 1.29 is 14.3 Å². The Morgan fingerprint density at radius 2 is 1.67 bits per heavy atom. The first-order valence-corrected chi connectivity index (χ1v) is 10.7. The lowest BCUT2D eigenvalue weighted by Crippen LogP contribution is -2.48. The fourth-order valence-electron chi connectivity index (χ4n) is 3.95. The van der Waals surface area contributed by atoms with Crippen LogP contribution in [-0.4, -0.2) is 28.9 Å². The molecule has 0 aliphatic carbocycles. The number of thioether (sulfide) groups is 1. The number of esters is 1. The zero-order valence-corrected chi connectivity index (χ0v) is 17.9. The summed E-state index contributed by atoms with van der Waals surface area (Å²) in [4.78, 5) is 25.9. The fourth-order valence-corrected chi connectivity index (χ4v) is 5.14. The van der Waals surface area contributed by atoms with Crippen LogP contribution in [0.1, 0.15) is 55.9 Å². The summed E-state index contributed by atoms with van der Waals surface area (Å²) in [6.07, 6.45) is 1.56. The molecular formula is C22H29NO3S. The Balaban J connectivity index is 2.21. The molecule has 2 aliphatic rings. The largest absolute Gasteiger partial charge is 0.427 e. The predicted octanol–water partition coefficient (Wildman–Crippen LogP) is 4.31. The van der Waals surface area contributed by atoms with Crippen LogP contribution in [0.2, 0.25) is 0 Å². The van der Waals surface area contributed by atoms with Crippen molar-refractivity contribution in [1.29, 1.82) is 0 Å². The summed E-state index contributed by atoms with van der Waals surface area (Å²) in [6, 6.07) is 4.15. The lowest BCUT2D eigenvalue weighted by atomic mass is 9.87. The minimum Gasteiger partial charge on any atom is -0.427 e. The number of hydrogen-bond acceptors (Lipinski definition) is 4. The molecule has 0 aromatic heterocycles. The maximum absolute atomic E-state index is 13.1. The number of amides is 1. The summed E-state index contributed by atoms with van der Waals surface area (Å²) in [7, 11) is 0. The highest BCUT2D eigenvalue weighted by Gasteiger charge is 2.49. The Bertz CT molecular complexity index is 803. The van der Waals surface area contributed by atoms with Crippen molar-refractivity contribution in [3.05, 3.63) is 40.1 Å². The summed E-state index contributed by atoms with van der Waals surface area (Å²) < 4.78 is 5.99. The Morgan fingerprint density at radius 1 is 1.11 bits per heavy atom. The molecule has 1 spiro atoms. The van der Waals surface area contributed by atoms with Crippen LogP contribution in [0.5, 0.6) is 0 Å². The topological polar surface area (TPSA) is 55.4 Å². The second kappa shape index (κ2) is 7.01.